The molecule has 1 heterocycles. The zero-order valence-corrected chi connectivity index (χ0v) is 12.3. The van der Waals surface area contributed by atoms with Crippen molar-refractivity contribution in [1.29, 1.82) is 0 Å². The molecule has 1 amide bonds. The number of alkyl halides is 3. The highest BCUT2D eigenvalue weighted by Crippen LogP contribution is 2.39. The van der Waals surface area contributed by atoms with Gasteiger partial charge in [-0.05, 0) is 30.3 Å². The van der Waals surface area contributed by atoms with Gasteiger partial charge in [0.25, 0.3) is 5.91 Å². The third kappa shape index (κ3) is 3.91. The zero-order valence-electron chi connectivity index (χ0n) is 11.5. The topological polar surface area (TPSA) is 40.5 Å². The molecule has 0 unspecified atom stereocenters. The summed E-state index contributed by atoms with van der Waals surface area (Å²) in [6, 6.07) is 5.66. The van der Waals surface area contributed by atoms with E-state index in [0.717, 1.165) is 6.42 Å². The molecule has 0 radical (unpaired) electrons. The fourth-order valence-corrected chi connectivity index (χ4v) is 3.12. The van der Waals surface area contributed by atoms with Crippen molar-refractivity contribution in [2.45, 2.75) is 35.8 Å². The lowest BCUT2D eigenvalue weighted by Gasteiger charge is -2.46. The van der Waals surface area contributed by atoms with Gasteiger partial charge in [-0.15, -0.1) is 0 Å². The predicted molar refractivity (Wildman–Crippen MR) is 74.1 cm³/mol. The molecule has 1 fully saturated rings. The molecule has 3 nitrogen and oxygen atoms in total. The Kier molecular flexibility index (Phi) is 4.53. The number of carbonyl (C=O) groups excluding carboxylic acids is 1. The first-order valence-corrected chi connectivity index (χ1v) is 7.42. The van der Waals surface area contributed by atoms with Crippen molar-refractivity contribution in [3.63, 3.8) is 0 Å². The van der Waals surface area contributed by atoms with E-state index in [-0.39, 0.29) is 35.3 Å². The van der Waals surface area contributed by atoms with E-state index >= 15 is 0 Å². The molecule has 1 aliphatic heterocycles. The average molecular weight is 319 g/mol. The maximum atomic E-state index is 12.5. The summed E-state index contributed by atoms with van der Waals surface area (Å²) in [5.74, 6) is -0.469. The van der Waals surface area contributed by atoms with Crippen LogP contribution in [-0.4, -0.2) is 40.1 Å². The first kappa shape index (κ1) is 16.2. The van der Waals surface area contributed by atoms with Crippen LogP contribution in [0.5, 0.6) is 0 Å². The Hall–Kier alpha value is -1.21. The number of rotatable bonds is 4. The molecule has 7 heteroatoms. The van der Waals surface area contributed by atoms with E-state index in [0.29, 0.717) is 6.42 Å². The summed E-state index contributed by atoms with van der Waals surface area (Å²) in [5.41, 5.74) is -5.30. The molecule has 1 saturated heterocycles. The summed E-state index contributed by atoms with van der Waals surface area (Å²) < 4.78 is 37.5. The monoisotopic (exact) mass is 319 g/mol. The first-order chi connectivity index (χ1) is 9.74. The van der Waals surface area contributed by atoms with Gasteiger partial charge in [0.1, 0.15) is 0 Å². The van der Waals surface area contributed by atoms with Gasteiger partial charge in [-0.25, -0.2) is 0 Å². The molecule has 0 saturated carbocycles. The third-order valence-corrected chi connectivity index (χ3v) is 4.12. The van der Waals surface area contributed by atoms with Crippen LogP contribution in [0, 0.1) is 0 Å². The van der Waals surface area contributed by atoms with Crippen LogP contribution in [0.15, 0.2) is 29.2 Å². The lowest BCUT2D eigenvalue weighted by atomic mass is 9.89. The number of halogens is 3. The van der Waals surface area contributed by atoms with Gasteiger partial charge in [0, 0.05) is 4.90 Å². The van der Waals surface area contributed by atoms with E-state index < -0.39 is 17.0 Å². The number of thioether (sulfide) groups is 1. The Morgan fingerprint density at radius 2 is 2.00 bits per heavy atom. The van der Waals surface area contributed by atoms with Crippen LogP contribution in [0.25, 0.3) is 0 Å². The first-order valence-electron chi connectivity index (χ1n) is 6.60. The van der Waals surface area contributed by atoms with Gasteiger partial charge < -0.3 is 10.0 Å². The Labute approximate surface area is 125 Å². The molecule has 0 aromatic heterocycles. The summed E-state index contributed by atoms with van der Waals surface area (Å²) in [6.07, 6.45) is 1.37. The maximum absolute atomic E-state index is 12.5. The minimum absolute atomic E-state index is 0.0263. The molecular weight excluding hydrogens is 303 g/mol. The lowest BCUT2D eigenvalue weighted by molar-refractivity contribution is -0.0861. The lowest BCUT2D eigenvalue weighted by Crippen LogP contribution is -2.63. The molecule has 1 aromatic carbocycles. The molecule has 21 heavy (non-hydrogen) atoms. The van der Waals surface area contributed by atoms with Crippen molar-refractivity contribution in [2.24, 2.45) is 0 Å². The van der Waals surface area contributed by atoms with Crippen LogP contribution in [0.1, 0.15) is 30.1 Å². The van der Waals surface area contributed by atoms with Gasteiger partial charge in [0.05, 0.1) is 24.3 Å². The number of likely N-dealkylation sites (tertiary alicyclic amines) is 1. The van der Waals surface area contributed by atoms with Crippen LogP contribution in [0.2, 0.25) is 0 Å². The van der Waals surface area contributed by atoms with E-state index in [1.165, 1.54) is 29.2 Å². The van der Waals surface area contributed by atoms with Crippen LogP contribution in [-0.2, 0) is 0 Å². The van der Waals surface area contributed by atoms with E-state index in [4.69, 9.17) is 0 Å². The number of aliphatic hydroxyl groups is 1. The third-order valence-electron chi connectivity index (χ3n) is 3.32. The highest BCUT2D eigenvalue weighted by atomic mass is 32.2. The Balaban J connectivity index is 2.11. The predicted octanol–water partition coefficient (Wildman–Crippen LogP) is 3.29. The van der Waals surface area contributed by atoms with Gasteiger partial charge in [-0.3, -0.25) is 4.79 Å². The average Bonchev–Trinajstić information content (AvgIpc) is 2.34. The number of nitrogens with zero attached hydrogens (tertiary/aromatic N) is 1. The molecular formula is C14H16F3NO2S. The fraction of sp³-hybridized carbons (Fsp3) is 0.500. The summed E-state index contributed by atoms with van der Waals surface area (Å²) in [7, 11) is 0. The van der Waals surface area contributed by atoms with Crippen molar-refractivity contribution in [3.8, 4) is 0 Å². The summed E-state index contributed by atoms with van der Waals surface area (Å²) >= 11 is -0.292. The molecule has 0 spiro atoms. The highest BCUT2D eigenvalue weighted by molar-refractivity contribution is 8.00. The normalized spacial score (nSPS) is 17.5. The van der Waals surface area contributed by atoms with Crippen LogP contribution in [0.3, 0.4) is 0 Å². The van der Waals surface area contributed by atoms with Crippen molar-refractivity contribution >= 4 is 17.7 Å². The van der Waals surface area contributed by atoms with E-state index in [1.54, 1.807) is 0 Å². The van der Waals surface area contributed by atoms with E-state index in [2.05, 4.69) is 0 Å². The molecule has 0 atom stereocenters. The molecule has 116 valence electrons. The molecule has 1 N–H and O–H groups in total. The molecule has 0 bridgehead atoms. The van der Waals surface area contributed by atoms with Crippen LogP contribution < -0.4 is 0 Å². The van der Waals surface area contributed by atoms with E-state index in [9.17, 15) is 23.1 Å². The second-order valence-electron chi connectivity index (χ2n) is 5.18. The summed E-state index contributed by atoms with van der Waals surface area (Å²) in [6.45, 7) is 2.27. The Morgan fingerprint density at radius 3 is 2.57 bits per heavy atom. The largest absolute Gasteiger partial charge is 0.446 e. The molecule has 2 rings (SSSR count). The standard InChI is InChI=1S/C14H16F3NO2S/c1-2-7-13(20)8-18(9-13)12(19)10-5-3-4-6-11(10)21-14(15,16)17/h3-6,20H,2,7-9H2,1H3. The maximum Gasteiger partial charge on any atom is 0.446 e. The number of amides is 1. The van der Waals surface area contributed by atoms with Crippen LogP contribution >= 0.6 is 11.8 Å². The van der Waals surface area contributed by atoms with E-state index in [1.807, 2.05) is 6.92 Å². The number of hydrogen-bond acceptors (Lipinski definition) is 3. The van der Waals surface area contributed by atoms with Gasteiger partial charge in [0.15, 0.2) is 0 Å². The number of carbonyl (C=O) groups is 1. The second-order valence-corrected chi connectivity index (χ2v) is 6.29. The van der Waals surface area contributed by atoms with Crippen molar-refractivity contribution in [2.75, 3.05) is 13.1 Å². The quantitative estimate of drug-likeness (QED) is 0.866. The minimum Gasteiger partial charge on any atom is -0.386 e. The van der Waals surface area contributed by atoms with Crippen molar-refractivity contribution in [3.05, 3.63) is 29.8 Å². The van der Waals surface area contributed by atoms with Gasteiger partial charge in [-0.2, -0.15) is 13.2 Å². The summed E-state index contributed by atoms with van der Waals surface area (Å²) in [4.78, 5) is 13.5. The SMILES string of the molecule is CCCC1(O)CN(C(=O)c2ccccc2SC(F)(F)F)C1. The fourth-order valence-electron chi connectivity index (χ4n) is 2.46. The second kappa shape index (κ2) is 5.88. The minimum atomic E-state index is -4.44. The zero-order chi connectivity index (χ0) is 15.7. The smallest absolute Gasteiger partial charge is 0.386 e. The van der Waals surface area contributed by atoms with Gasteiger partial charge in [-0.1, -0.05) is 25.5 Å². The Bertz CT molecular complexity index is 527. The van der Waals surface area contributed by atoms with Crippen LogP contribution in [0.4, 0.5) is 13.2 Å². The Morgan fingerprint density at radius 1 is 1.38 bits per heavy atom. The van der Waals surface area contributed by atoms with Crippen molar-refractivity contribution in [1.82, 2.24) is 4.90 Å². The van der Waals surface area contributed by atoms with Gasteiger partial charge in [0.2, 0.25) is 0 Å². The molecule has 0 aliphatic carbocycles. The number of β-amino-alcohol motifs (C(OH)–C–C–N with tert-alkyl or cyclic N) is 1. The van der Waals surface area contributed by atoms with Gasteiger partial charge >= 0.3 is 5.51 Å². The van der Waals surface area contributed by atoms with Crippen molar-refractivity contribution < 1.29 is 23.1 Å². The molecule has 1 aromatic rings. The number of benzene rings is 1. The number of hydrogen-bond donors (Lipinski definition) is 1. The molecule has 1 aliphatic rings. The highest BCUT2D eigenvalue weighted by Gasteiger charge is 2.43. The summed E-state index contributed by atoms with van der Waals surface area (Å²) in [5, 5.41) is 10.1.